The Bertz CT molecular complexity index is 726. The average molecular weight is 372 g/mol. The molecule has 1 aromatic heterocycles. The van der Waals surface area contributed by atoms with Crippen molar-refractivity contribution in [3.8, 4) is 0 Å². The molecule has 0 unspecified atom stereocenters. The van der Waals surface area contributed by atoms with Crippen LogP contribution < -0.4 is 10.0 Å². The van der Waals surface area contributed by atoms with Crippen LogP contribution in [0.3, 0.4) is 0 Å². The Morgan fingerprint density at radius 3 is 2.71 bits per heavy atom. The van der Waals surface area contributed by atoms with Gasteiger partial charge in [0.05, 0.1) is 0 Å². The summed E-state index contributed by atoms with van der Waals surface area (Å²) in [5, 5.41) is 3.19. The SMILES string of the molecule is CCNCc1cc(S(=O)(=O)Nc2cccc(Br)c2)cn1C. The largest absolute Gasteiger partial charge is 0.352 e. The maximum atomic E-state index is 12.4. The first-order valence-corrected chi connectivity index (χ1v) is 8.84. The minimum atomic E-state index is -3.58. The van der Waals surface area contributed by atoms with Crippen LogP contribution in [0, 0.1) is 0 Å². The number of rotatable bonds is 6. The van der Waals surface area contributed by atoms with Gasteiger partial charge in [0.15, 0.2) is 0 Å². The first-order chi connectivity index (χ1) is 9.92. The molecule has 1 heterocycles. The monoisotopic (exact) mass is 371 g/mol. The van der Waals surface area contributed by atoms with Gasteiger partial charge in [-0.1, -0.05) is 28.9 Å². The number of aromatic nitrogens is 1. The van der Waals surface area contributed by atoms with Gasteiger partial charge < -0.3 is 9.88 Å². The van der Waals surface area contributed by atoms with E-state index in [2.05, 4.69) is 26.0 Å². The van der Waals surface area contributed by atoms with E-state index in [1.54, 1.807) is 30.5 Å². The van der Waals surface area contributed by atoms with Crippen molar-refractivity contribution in [2.45, 2.75) is 18.4 Å². The zero-order valence-electron chi connectivity index (χ0n) is 11.9. The number of nitrogens with one attached hydrogen (secondary N) is 2. The molecule has 0 spiro atoms. The quantitative estimate of drug-likeness (QED) is 0.820. The zero-order chi connectivity index (χ0) is 15.5. The highest BCUT2D eigenvalue weighted by Gasteiger charge is 2.17. The van der Waals surface area contributed by atoms with Gasteiger partial charge >= 0.3 is 0 Å². The Labute approximate surface area is 133 Å². The average Bonchev–Trinajstić information content (AvgIpc) is 2.78. The Balaban J connectivity index is 2.23. The van der Waals surface area contributed by atoms with Crippen LogP contribution in [-0.4, -0.2) is 19.5 Å². The number of halogens is 1. The fraction of sp³-hybridized carbons (Fsp3) is 0.286. The van der Waals surface area contributed by atoms with Gasteiger partial charge in [-0.05, 0) is 30.8 Å². The first kappa shape index (κ1) is 16.1. The molecule has 2 aromatic rings. The molecule has 0 atom stereocenters. The van der Waals surface area contributed by atoms with Crippen LogP contribution >= 0.6 is 15.9 Å². The minimum absolute atomic E-state index is 0.262. The Morgan fingerprint density at radius 1 is 1.29 bits per heavy atom. The van der Waals surface area contributed by atoms with E-state index in [9.17, 15) is 8.42 Å². The van der Waals surface area contributed by atoms with Crippen molar-refractivity contribution < 1.29 is 8.42 Å². The number of sulfonamides is 1. The van der Waals surface area contributed by atoms with E-state index < -0.39 is 10.0 Å². The van der Waals surface area contributed by atoms with Crippen LogP contribution in [0.5, 0.6) is 0 Å². The molecule has 2 rings (SSSR count). The maximum Gasteiger partial charge on any atom is 0.263 e. The van der Waals surface area contributed by atoms with Crippen molar-refractivity contribution in [3.63, 3.8) is 0 Å². The fourth-order valence-corrected chi connectivity index (χ4v) is 3.46. The molecule has 5 nitrogen and oxygen atoms in total. The van der Waals surface area contributed by atoms with Crippen LogP contribution in [0.2, 0.25) is 0 Å². The third-order valence-corrected chi connectivity index (χ3v) is 4.87. The molecule has 0 saturated heterocycles. The summed E-state index contributed by atoms with van der Waals surface area (Å²) in [6.45, 7) is 3.48. The van der Waals surface area contributed by atoms with Gasteiger partial charge in [-0.3, -0.25) is 4.72 Å². The van der Waals surface area contributed by atoms with E-state index in [-0.39, 0.29) is 4.90 Å². The molecule has 7 heteroatoms. The topological polar surface area (TPSA) is 63.1 Å². The second-order valence-corrected chi connectivity index (χ2v) is 7.27. The maximum absolute atomic E-state index is 12.4. The Morgan fingerprint density at radius 2 is 2.05 bits per heavy atom. The molecule has 0 radical (unpaired) electrons. The summed E-state index contributed by atoms with van der Waals surface area (Å²) >= 11 is 3.32. The molecule has 114 valence electrons. The molecular weight excluding hydrogens is 354 g/mol. The number of hydrogen-bond donors (Lipinski definition) is 2. The van der Waals surface area contributed by atoms with Crippen LogP contribution in [0.4, 0.5) is 5.69 Å². The summed E-state index contributed by atoms with van der Waals surface area (Å²) in [7, 11) is -1.74. The summed E-state index contributed by atoms with van der Waals surface area (Å²) < 4.78 is 30.0. The van der Waals surface area contributed by atoms with Crippen molar-refractivity contribution >= 4 is 31.6 Å². The molecule has 0 amide bonds. The van der Waals surface area contributed by atoms with Gasteiger partial charge in [0.25, 0.3) is 10.0 Å². The predicted molar refractivity (Wildman–Crippen MR) is 87.7 cm³/mol. The van der Waals surface area contributed by atoms with Crippen LogP contribution in [0.25, 0.3) is 0 Å². The van der Waals surface area contributed by atoms with E-state index in [4.69, 9.17) is 0 Å². The van der Waals surface area contributed by atoms with Crippen LogP contribution in [-0.2, 0) is 23.6 Å². The number of nitrogens with zero attached hydrogens (tertiary/aromatic N) is 1. The molecule has 0 aliphatic rings. The molecule has 0 bridgehead atoms. The van der Waals surface area contributed by atoms with Crippen molar-refractivity contribution in [1.82, 2.24) is 9.88 Å². The van der Waals surface area contributed by atoms with Crippen LogP contribution in [0.1, 0.15) is 12.6 Å². The molecule has 0 saturated carbocycles. The second-order valence-electron chi connectivity index (χ2n) is 4.67. The molecular formula is C14H18BrN3O2S. The number of aryl methyl sites for hydroxylation is 1. The normalized spacial score (nSPS) is 11.6. The third kappa shape index (κ3) is 4.09. The van der Waals surface area contributed by atoms with Gasteiger partial charge in [0, 0.05) is 35.6 Å². The van der Waals surface area contributed by atoms with Crippen molar-refractivity contribution in [2.75, 3.05) is 11.3 Å². The van der Waals surface area contributed by atoms with E-state index in [1.807, 2.05) is 24.6 Å². The highest BCUT2D eigenvalue weighted by molar-refractivity contribution is 9.10. The highest BCUT2D eigenvalue weighted by Crippen LogP contribution is 2.21. The predicted octanol–water partition coefficient (Wildman–Crippen LogP) is 2.70. The van der Waals surface area contributed by atoms with Gasteiger partial charge in [-0.25, -0.2) is 8.42 Å². The van der Waals surface area contributed by atoms with E-state index in [0.29, 0.717) is 12.2 Å². The number of anilines is 1. The van der Waals surface area contributed by atoms with Gasteiger partial charge in [-0.2, -0.15) is 0 Å². The van der Waals surface area contributed by atoms with E-state index in [1.165, 1.54) is 0 Å². The van der Waals surface area contributed by atoms with E-state index in [0.717, 1.165) is 16.7 Å². The fourth-order valence-electron chi connectivity index (χ4n) is 1.92. The molecule has 0 aliphatic heterocycles. The lowest BCUT2D eigenvalue weighted by Crippen LogP contribution is -2.14. The first-order valence-electron chi connectivity index (χ1n) is 6.56. The van der Waals surface area contributed by atoms with Crippen molar-refractivity contribution in [2.24, 2.45) is 7.05 Å². The second kappa shape index (κ2) is 6.64. The summed E-state index contributed by atoms with van der Waals surface area (Å²) in [5.41, 5.74) is 1.45. The smallest absolute Gasteiger partial charge is 0.263 e. The lowest BCUT2D eigenvalue weighted by Gasteiger charge is -2.06. The lowest BCUT2D eigenvalue weighted by molar-refractivity contribution is 0.601. The summed E-state index contributed by atoms with van der Waals surface area (Å²) in [6.07, 6.45) is 1.62. The summed E-state index contributed by atoms with van der Waals surface area (Å²) in [6, 6.07) is 8.74. The lowest BCUT2D eigenvalue weighted by atomic mass is 10.3. The standard InChI is InChI=1S/C14H18BrN3O2S/c1-3-16-9-13-8-14(10-18(13)2)21(19,20)17-12-6-4-5-11(15)7-12/h4-8,10,16-17H,3,9H2,1-2H3. The molecule has 0 fully saturated rings. The molecule has 2 N–H and O–H groups in total. The summed E-state index contributed by atoms with van der Waals surface area (Å²) in [5.74, 6) is 0. The minimum Gasteiger partial charge on any atom is -0.352 e. The molecule has 1 aromatic carbocycles. The highest BCUT2D eigenvalue weighted by atomic mass is 79.9. The zero-order valence-corrected chi connectivity index (χ0v) is 14.3. The molecule has 0 aliphatic carbocycles. The number of hydrogen-bond acceptors (Lipinski definition) is 3. The number of benzene rings is 1. The third-order valence-electron chi connectivity index (χ3n) is 3.03. The summed E-state index contributed by atoms with van der Waals surface area (Å²) in [4.78, 5) is 0.262. The van der Waals surface area contributed by atoms with E-state index >= 15 is 0 Å². The van der Waals surface area contributed by atoms with Gasteiger partial charge in [-0.15, -0.1) is 0 Å². The Hall–Kier alpha value is -1.31. The molecule has 21 heavy (non-hydrogen) atoms. The Kier molecular flexibility index (Phi) is 5.08. The van der Waals surface area contributed by atoms with Gasteiger partial charge in [0.2, 0.25) is 0 Å². The van der Waals surface area contributed by atoms with Gasteiger partial charge in [0.1, 0.15) is 4.90 Å². The van der Waals surface area contributed by atoms with Crippen LogP contribution in [0.15, 0.2) is 45.9 Å². The van der Waals surface area contributed by atoms with Crippen molar-refractivity contribution in [1.29, 1.82) is 0 Å². The van der Waals surface area contributed by atoms with Crippen molar-refractivity contribution in [3.05, 3.63) is 46.7 Å².